The fraction of sp³-hybridized carbons (Fsp3) is 0.333. The molecule has 11 heteroatoms. The molecule has 3 rings (SSSR count). The molecular weight excluding hydrogens is 503 g/mol. The highest BCUT2D eigenvalue weighted by Gasteiger charge is 2.29. The van der Waals surface area contributed by atoms with Gasteiger partial charge in [-0.05, 0) is 49.7 Å². The summed E-state index contributed by atoms with van der Waals surface area (Å²) in [4.78, 5) is 26.3. The van der Waals surface area contributed by atoms with Crippen molar-refractivity contribution in [3.8, 4) is 17.3 Å². The molecule has 38 heavy (non-hydrogen) atoms. The van der Waals surface area contributed by atoms with Gasteiger partial charge in [0.25, 0.3) is 5.91 Å². The largest absolute Gasteiger partial charge is 0.347 e. The van der Waals surface area contributed by atoms with Crippen LogP contribution < -0.4 is 10.2 Å². The SMILES string of the molecule is C=C/N=C(/C(=O)N1CCCC1)N(C)N(C)/C(CC)=C(\NC=C)N(C)c1nc(-c2ccc(F)cc2)c(C#N)s1. The minimum Gasteiger partial charge on any atom is -0.347 e. The second-order valence-corrected chi connectivity index (χ2v) is 9.51. The van der Waals surface area contributed by atoms with Crippen LogP contribution in [0.5, 0.6) is 0 Å². The second-order valence-electron chi connectivity index (χ2n) is 8.53. The molecule has 0 radical (unpaired) electrons. The molecule has 0 aliphatic carbocycles. The van der Waals surface area contributed by atoms with E-state index in [0.717, 1.165) is 18.5 Å². The van der Waals surface area contributed by atoms with Crippen LogP contribution in [-0.2, 0) is 4.79 Å². The lowest BCUT2D eigenvalue weighted by Crippen LogP contribution is -2.49. The summed E-state index contributed by atoms with van der Waals surface area (Å²) in [5.41, 5.74) is 1.95. The van der Waals surface area contributed by atoms with E-state index in [9.17, 15) is 14.4 Å². The Morgan fingerprint density at radius 1 is 1.24 bits per heavy atom. The van der Waals surface area contributed by atoms with Crippen LogP contribution >= 0.6 is 11.3 Å². The van der Waals surface area contributed by atoms with Gasteiger partial charge in [-0.25, -0.2) is 14.4 Å². The van der Waals surface area contributed by atoms with Crippen molar-refractivity contribution in [3.05, 3.63) is 72.0 Å². The molecule has 1 N–H and O–H groups in total. The number of likely N-dealkylation sites (N-methyl/N-ethyl adjacent to an activating group) is 1. The van der Waals surface area contributed by atoms with Crippen molar-refractivity contribution in [2.75, 3.05) is 39.1 Å². The van der Waals surface area contributed by atoms with Gasteiger partial charge in [0, 0.05) is 46.0 Å². The van der Waals surface area contributed by atoms with E-state index in [4.69, 9.17) is 4.98 Å². The predicted molar refractivity (Wildman–Crippen MR) is 150 cm³/mol. The second kappa shape index (κ2) is 12.9. The molecule has 0 bridgehead atoms. The zero-order valence-electron chi connectivity index (χ0n) is 22.2. The van der Waals surface area contributed by atoms with Gasteiger partial charge in [-0.1, -0.05) is 31.4 Å². The lowest BCUT2D eigenvalue weighted by Gasteiger charge is -2.36. The monoisotopic (exact) mass is 536 g/mol. The van der Waals surface area contributed by atoms with Crippen molar-refractivity contribution in [2.24, 2.45) is 4.99 Å². The van der Waals surface area contributed by atoms with Gasteiger partial charge in [0.1, 0.15) is 28.3 Å². The van der Waals surface area contributed by atoms with Crippen molar-refractivity contribution in [1.82, 2.24) is 25.2 Å². The molecular formula is C27H33FN8OS. The zero-order valence-corrected chi connectivity index (χ0v) is 23.1. The van der Waals surface area contributed by atoms with E-state index in [0.29, 0.717) is 46.6 Å². The maximum absolute atomic E-state index is 13.5. The number of hydrogen-bond donors (Lipinski definition) is 1. The van der Waals surface area contributed by atoms with E-state index >= 15 is 0 Å². The third kappa shape index (κ3) is 6.03. The molecule has 200 valence electrons. The molecule has 1 aliphatic heterocycles. The first-order valence-electron chi connectivity index (χ1n) is 12.2. The molecule has 0 atom stereocenters. The van der Waals surface area contributed by atoms with Gasteiger partial charge in [0.15, 0.2) is 5.13 Å². The Hall–Kier alpha value is -4.17. The summed E-state index contributed by atoms with van der Waals surface area (Å²) in [7, 11) is 5.46. The van der Waals surface area contributed by atoms with E-state index in [1.54, 1.807) is 35.3 Å². The van der Waals surface area contributed by atoms with Crippen LogP contribution in [0.3, 0.4) is 0 Å². The highest BCUT2D eigenvalue weighted by Crippen LogP contribution is 2.34. The van der Waals surface area contributed by atoms with E-state index in [1.807, 2.05) is 30.9 Å². The number of rotatable bonds is 9. The number of carbonyl (C=O) groups excluding carboxylic acids is 1. The van der Waals surface area contributed by atoms with Crippen molar-refractivity contribution in [2.45, 2.75) is 26.2 Å². The van der Waals surface area contributed by atoms with Crippen molar-refractivity contribution in [3.63, 3.8) is 0 Å². The number of likely N-dealkylation sites (tertiary alicyclic amines) is 1. The first-order chi connectivity index (χ1) is 18.3. The predicted octanol–water partition coefficient (Wildman–Crippen LogP) is 4.51. The minimum atomic E-state index is -0.359. The molecule has 1 fully saturated rings. The number of thiazole rings is 1. The summed E-state index contributed by atoms with van der Waals surface area (Å²) < 4.78 is 13.5. The molecule has 1 saturated heterocycles. The van der Waals surface area contributed by atoms with Crippen LogP contribution in [0.15, 0.2) is 66.3 Å². The number of nitriles is 1. The highest BCUT2D eigenvalue weighted by molar-refractivity contribution is 7.16. The van der Waals surface area contributed by atoms with Crippen LogP contribution in [0.1, 0.15) is 31.1 Å². The Morgan fingerprint density at radius 2 is 1.89 bits per heavy atom. The summed E-state index contributed by atoms with van der Waals surface area (Å²) in [6.45, 7) is 10.9. The minimum absolute atomic E-state index is 0.152. The van der Waals surface area contributed by atoms with Crippen LogP contribution in [0.4, 0.5) is 9.52 Å². The standard InChI is InChI=1S/C27H33FN8OS/c1-7-21(34(5)35(6)25(31-9-3)26(37)36-16-10-11-17-36)24(30-8-2)33(4)27-32-23(22(18-29)38-27)19-12-14-20(28)15-13-19/h8-9,12-15,30H,2-3,7,10-11,16-17H2,1,4-6H3/b24-21+,31-25-. The summed E-state index contributed by atoms with van der Waals surface area (Å²) in [5, 5.41) is 17.1. The molecule has 1 aliphatic rings. The number of nitrogens with zero attached hydrogens (tertiary/aromatic N) is 7. The molecule has 0 spiro atoms. The number of aliphatic imine (C=N–C) groups is 1. The van der Waals surface area contributed by atoms with Crippen molar-refractivity contribution < 1.29 is 9.18 Å². The highest BCUT2D eigenvalue weighted by atomic mass is 32.1. The fourth-order valence-electron chi connectivity index (χ4n) is 4.20. The lowest BCUT2D eigenvalue weighted by molar-refractivity contribution is -0.124. The first kappa shape index (κ1) is 28.4. The molecule has 1 aromatic carbocycles. The Balaban J connectivity index is 2.01. The maximum atomic E-state index is 13.5. The molecule has 2 aromatic rings. The lowest BCUT2D eigenvalue weighted by atomic mass is 10.1. The number of carbonyl (C=O) groups is 1. The van der Waals surface area contributed by atoms with E-state index in [-0.39, 0.29) is 17.6 Å². The Kier molecular flexibility index (Phi) is 9.62. The Morgan fingerprint density at radius 3 is 2.45 bits per heavy atom. The van der Waals surface area contributed by atoms with Gasteiger partial charge in [-0.3, -0.25) is 14.8 Å². The molecule has 0 saturated carbocycles. The number of benzene rings is 1. The summed E-state index contributed by atoms with van der Waals surface area (Å²) in [5.74, 6) is 0.409. The van der Waals surface area contributed by atoms with E-state index in [1.165, 1.54) is 29.7 Å². The normalized spacial score (nSPS) is 13.9. The van der Waals surface area contributed by atoms with E-state index < -0.39 is 0 Å². The van der Waals surface area contributed by atoms with Crippen LogP contribution in [-0.4, -0.2) is 65.9 Å². The molecule has 1 amide bonds. The summed E-state index contributed by atoms with van der Waals surface area (Å²) >= 11 is 1.23. The Bertz CT molecular complexity index is 1270. The maximum Gasteiger partial charge on any atom is 0.291 e. The zero-order chi connectivity index (χ0) is 27.8. The average Bonchev–Trinajstić information content (AvgIpc) is 3.61. The molecule has 1 aromatic heterocycles. The number of hydrazine groups is 1. The number of anilines is 1. The Labute approximate surface area is 227 Å². The topological polar surface area (TPSA) is 91.1 Å². The van der Waals surface area contributed by atoms with Gasteiger partial charge in [-0.2, -0.15) is 5.26 Å². The van der Waals surface area contributed by atoms with Gasteiger partial charge < -0.3 is 15.1 Å². The number of aromatic nitrogens is 1. The van der Waals surface area contributed by atoms with Gasteiger partial charge in [0.05, 0.1) is 5.70 Å². The average molecular weight is 537 g/mol. The molecule has 9 nitrogen and oxygen atoms in total. The number of nitrogens with one attached hydrogen (secondary N) is 1. The number of allylic oxidation sites excluding steroid dienone is 1. The fourth-order valence-corrected chi connectivity index (χ4v) is 5.05. The first-order valence-corrected chi connectivity index (χ1v) is 13.0. The summed E-state index contributed by atoms with van der Waals surface area (Å²) in [6, 6.07) is 8.09. The number of amidine groups is 1. The third-order valence-electron chi connectivity index (χ3n) is 6.25. The third-order valence-corrected chi connectivity index (χ3v) is 7.29. The van der Waals surface area contributed by atoms with Crippen molar-refractivity contribution >= 4 is 28.2 Å². The summed E-state index contributed by atoms with van der Waals surface area (Å²) in [6.07, 6.45) is 5.46. The number of halogens is 1. The van der Waals surface area contributed by atoms with Crippen molar-refractivity contribution in [1.29, 1.82) is 5.26 Å². The van der Waals surface area contributed by atoms with Crippen LogP contribution in [0, 0.1) is 17.1 Å². The molecule has 2 heterocycles. The number of amides is 1. The van der Waals surface area contributed by atoms with Crippen LogP contribution in [0.25, 0.3) is 11.3 Å². The quantitative estimate of drug-likeness (QED) is 0.286. The van der Waals surface area contributed by atoms with Gasteiger partial charge >= 0.3 is 0 Å². The van der Waals surface area contributed by atoms with Gasteiger partial charge in [-0.15, -0.1) is 0 Å². The van der Waals surface area contributed by atoms with Gasteiger partial charge in [0.2, 0.25) is 5.84 Å². The van der Waals surface area contributed by atoms with Crippen LogP contribution in [0.2, 0.25) is 0 Å². The number of hydrogen-bond acceptors (Lipinski definition) is 8. The molecule has 0 unspecified atom stereocenters. The smallest absolute Gasteiger partial charge is 0.291 e. The van der Waals surface area contributed by atoms with E-state index in [2.05, 4.69) is 29.5 Å².